The summed E-state index contributed by atoms with van der Waals surface area (Å²) in [5.74, 6) is 2.60. The Bertz CT molecular complexity index is 852. The summed E-state index contributed by atoms with van der Waals surface area (Å²) in [7, 11) is 0. The molecule has 0 spiro atoms. The van der Waals surface area contributed by atoms with Crippen LogP contribution in [-0.4, -0.2) is 12.5 Å². The Labute approximate surface area is 146 Å². The first-order valence-electron chi connectivity index (χ1n) is 8.03. The molecule has 1 aromatic heterocycles. The fraction of sp³-hybridized carbons (Fsp3) is 0.150. The van der Waals surface area contributed by atoms with Gasteiger partial charge in [0.1, 0.15) is 17.3 Å². The SMILES string of the molecule is CCOc1ccc(Oc2ccccc2NC(=O)c2ccc(C)o2)cc1. The van der Waals surface area contributed by atoms with Gasteiger partial charge in [0, 0.05) is 0 Å². The van der Waals surface area contributed by atoms with Crippen molar-refractivity contribution in [3.63, 3.8) is 0 Å². The Hall–Kier alpha value is -3.21. The van der Waals surface area contributed by atoms with Crippen molar-refractivity contribution in [2.24, 2.45) is 0 Å². The van der Waals surface area contributed by atoms with Gasteiger partial charge in [-0.1, -0.05) is 12.1 Å². The minimum Gasteiger partial charge on any atom is -0.494 e. The number of amides is 1. The highest BCUT2D eigenvalue weighted by atomic mass is 16.5. The lowest BCUT2D eigenvalue weighted by atomic mass is 10.2. The van der Waals surface area contributed by atoms with Crippen molar-refractivity contribution >= 4 is 11.6 Å². The van der Waals surface area contributed by atoms with Crippen LogP contribution in [0.4, 0.5) is 5.69 Å². The zero-order valence-corrected chi connectivity index (χ0v) is 14.1. The van der Waals surface area contributed by atoms with Gasteiger partial charge in [-0.05, 0) is 62.4 Å². The van der Waals surface area contributed by atoms with Crippen molar-refractivity contribution in [3.8, 4) is 17.2 Å². The van der Waals surface area contributed by atoms with E-state index in [4.69, 9.17) is 13.9 Å². The lowest BCUT2D eigenvalue weighted by Crippen LogP contribution is -2.11. The minimum atomic E-state index is -0.323. The van der Waals surface area contributed by atoms with Crippen LogP contribution in [0, 0.1) is 6.92 Å². The summed E-state index contributed by atoms with van der Waals surface area (Å²) < 4.78 is 16.6. The van der Waals surface area contributed by atoms with E-state index in [0.717, 1.165) is 5.75 Å². The molecule has 1 amide bonds. The molecule has 0 aliphatic heterocycles. The molecular weight excluding hydrogens is 318 g/mol. The molecule has 5 nitrogen and oxygen atoms in total. The monoisotopic (exact) mass is 337 g/mol. The predicted molar refractivity (Wildman–Crippen MR) is 95.5 cm³/mol. The Balaban J connectivity index is 1.75. The van der Waals surface area contributed by atoms with Crippen LogP contribution in [0.3, 0.4) is 0 Å². The molecule has 0 saturated heterocycles. The molecule has 0 atom stereocenters. The van der Waals surface area contributed by atoms with Gasteiger partial charge in [-0.3, -0.25) is 4.79 Å². The van der Waals surface area contributed by atoms with E-state index in [9.17, 15) is 4.79 Å². The summed E-state index contributed by atoms with van der Waals surface area (Å²) >= 11 is 0. The number of benzene rings is 2. The number of hydrogen-bond donors (Lipinski definition) is 1. The zero-order chi connectivity index (χ0) is 17.6. The van der Waals surface area contributed by atoms with Crippen molar-refractivity contribution in [3.05, 3.63) is 72.2 Å². The molecule has 0 fully saturated rings. The number of anilines is 1. The Morgan fingerprint density at radius 2 is 1.72 bits per heavy atom. The average Bonchev–Trinajstić information content (AvgIpc) is 3.05. The molecule has 0 aliphatic carbocycles. The largest absolute Gasteiger partial charge is 0.494 e. The number of carbonyl (C=O) groups is 1. The Kier molecular flexibility index (Phi) is 5.04. The number of carbonyl (C=O) groups excluding carboxylic acids is 1. The van der Waals surface area contributed by atoms with Crippen LogP contribution in [0.15, 0.2) is 65.1 Å². The van der Waals surface area contributed by atoms with Crippen molar-refractivity contribution in [1.82, 2.24) is 0 Å². The molecule has 0 aliphatic rings. The third-order valence-electron chi connectivity index (χ3n) is 3.46. The second kappa shape index (κ2) is 7.57. The maximum absolute atomic E-state index is 12.3. The summed E-state index contributed by atoms with van der Waals surface area (Å²) in [6, 6.07) is 17.9. The number of nitrogens with one attached hydrogen (secondary N) is 1. The average molecular weight is 337 g/mol. The molecule has 1 heterocycles. The highest BCUT2D eigenvalue weighted by Crippen LogP contribution is 2.30. The van der Waals surface area contributed by atoms with E-state index in [1.807, 2.05) is 43.3 Å². The third-order valence-corrected chi connectivity index (χ3v) is 3.46. The number of hydrogen-bond acceptors (Lipinski definition) is 4. The lowest BCUT2D eigenvalue weighted by Gasteiger charge is -2.12. The van der Waals surface area contributed by atoms with E-state index in [1.54, 1.807) is 31.2 Å². The quantitative estimate of drug-likeness (QED) is 0.685. The van der Waals surface area contributed by atoms with E-state index in [0.29, 0.717) is 29.6 Å². The summed E-state index contributed by atoms with van der Waals surface area (Å²) in [5, 5.41) is 2.81. The Morgan fingerprint density at radius 3 is 2.40 bits per heavy atom. The molecule has 0 saturated carbocycles. The van der Waals surface area contributed by atoms with Gasteiger partial charge in [-0.2, -0.15) is 0 Å². The minimum absolute atomic E-state index is 0.258. The number of furan rings is 1. The van der Waals surface area contributed by atoms with Gasteiger partial charge in [0.05, 0.1) is 12.3 Å². The van der Waals surface area contributed by atoms with Gasteiger partial charge in [0.15, 0.2) is 11.5 Å². The van der Waals surface area contributed by atoms with Gasteiger partial charge >= 0.3 is 0 Å². The van der Waals surface area contributed by atoms with Gasteiger partial charge < -0.3 is 19.2 Å². The summed E-state index contributed by atoms with van der Waals surface area (Å²) in [4.78, 5) is 12.3. The number of ether oxygens (including phenoxy) is 2. The molecule has 0 unspecified atom stereocenters. The Morgan fingerprint density at radius 1 is 1.00 bits per heavy atom. The molecule has 128 valence electrons. The van der Waals surface area contributed by atoms with Gasteiger partial charge in [0.2, 0.25) is 0 Å². The van der Waals surface area contributed by atoms with Gasteiger partial charge in [-0.25, -0.2) is 0 Å². The third kappa shape index (κ3) is 4.20. The highest BCUT2D eigenvalue weighted by Gasteiger charge is 2.13. The van der Waals surface area contributed by atoms with E-state index < -0.39 is 0 Å². The highest BCUT2D eigenvalue weighted by molar-refractivity contribution is 6.03. The maximum Gasteiger partial charge on any atom is 0.291 e. The van der Waals surface area contributed by atoms with E-state index >= 15 is 0 Å². The molecule has 2 aromatic carbocycles. The fourth-order valence-electron chi connectivity index (χ4n) is 2.30. The molecule has 3 aromatic rings. The van der Waals surface area contributed by atoms with E-state index in [2.05, 4.69) is 5.32 Å². The van der Waals surface area contributed by atoms with Gasteiger partial charge in [0.25, 0.3) is 5.91 Å². The zero-order valence-electron chi connectivity index (χ0n) is 14.1. The number of para-hydroxylation sites is 2. The molecule has 5 heteroatoms. The van der Waals surface area contributed by atoms with Crippen molar-refractivity contribution in [2.75, 3.05) is 11.9 Å². The normalized spacial score (nSPS) is 10.3. The van der Waals surface area contributed by atoms with Crippen LogP contribution < -0.4 is 14.8 Å². The lowest BCUT2D eigenvalue weighted by molar-refractivity contribution is 0.0995. The van der Waals surface area contributed by atoms with Crippen LogP contribution in [-0.2, 0) is 0 Å². The smallest absolute Gasteiger partial charge is 0.291 e. The van der Waals surface area contributed by atoms with Crippen molar-refractivity contribution in [1.29, 1.82) is 0 Å². The van der Waals surface area contributed by atoms with E-state index in [-0.39, 0.29) is 11.7 Å². The summed E-state index contributed by atoms with van der Waals surface area (Å²) in [5.41, 5.74) is 0.565. The van der Waals surface area contributed by atoms with Gasteiger partial charge in [-0.15, -0.1) is 0 Å². The summed E-state index contributed by atoms with van der Waals surface area (Å²) in [6.45, 7) is 4.34. The van der Waals surface area contributed by atoms with Crippen LogP contribution in [0.2, 0.25) is 0 Å². The first-order chi connectivity index (χ1) is 12.2. The standard InChI is InChI=1S/C20H19NO4/c1-3-23-15-9-11-16(12-10-15)25-18-7-5-4-6-17(18)21-20(22)19-13-8-14(2)24-19/h4-13H,3H2,1-2H3,(H,21,22). The number of rotatable bonds is 6. The van der Waals surface area contributed by atoms with Crippen LogP contribution in [0.5, 0.6) is 17.2 Å². The predicted octanol–water partition coefficient (Wildman–Crippen LogP) is 5.03. The molecule has 3 rings (SSSR count). The van der Waals surface area contributed by atoms with Crippen LogP contribution >= 0.6 is 0 Å². The fourth-order valence-corrected chi connectivity index (χ4v) is 2.30. The second-order valence-electron chi connectivity index (χ2n) is 5.37. The molecule has 0 radical (unpaired) electrons. The second-order valence-corrected chi connectivity index (χ2v) is 5.37. The van der Waals surface area contributed by atoms with Crippen molar-refractivity contribution < 1.29 is 18.7 Å². The molecular formula is C20H19NO4. The first-order valence-corrected chi connectivity index (χ1v) is 8.03. The maximum atomic E-state index is 12.3. The molecule has 0 bridgehead atoms. The van der Waals surface area contributed by atoms with Crippen molar-refractivity contribution in [2.45, 2.75) is 13.8 Å². The molecule has 1 N–H and O–H groups in total. The topological polar surface area (TPSA) is 60.7 Å². The molecule has 25 heavy (non-hydrogen) atoms. The van der Waals surface area contributed by atoms with E-state index in [1.165, 1.54) is 0 Å². The van der Waals surface area contributed by atoms with Crippen LogP contribution in [0.1, 0.15) is 23.2 Å². The first kappa shape index (κ1) is 16.6. The summed E-state index contributed by atoms with van der Waals surface area (Å²) in [6.07, 6.45) is 0. The van der Waals surface area contributed by atoms with Crippen LogP contribution in [0.25, 0.3) is 0 Å². The number of aryl methyl sites for hydroxylation is 1.